The summed E-state index contributed by atoms with van der Waals surface area (Å²) in [5, 5.41) is 11.9. The van der Waals surface area contributed by atoms with E-state index in [-0.39, 0.29) is 11.8 Å². The maximum absolute atomic E-state index is 12.1. The first-order valence-corrected chi connectivity index (χ1v) is 8.75. The number of carbonyl (C=O) groups excluding carboxylic acids is 1. The van der Waals surface area contributed by atoms with Gasteiger partial charge >= 0.3 is 5.97 Å². The highest BCUT2D eigenvalue weighted by atomic mass is 16.4. The largest absolute Gasteiger partial charge is 0.480 e. The van der Waals surface area contributed by atoms with Gasteiger partial charge in [0.05, 0.1) is 0 Å². The molecule has 1 fully saturated rings. The molecule has 1 rings (SSSR count). The topological polar surface area (TPSA) is 69.6 Å². The molecule has 0 bridgehead atoms. The summed E-state index contributed by atoms with van der Waals surface area (Å²) in [7, 11) is 0. The molecule has 0 aromatic heterocycles. The van der Waals surface area contributed by atoms with E-state index in [4.69, 9.17) is 0 Å². The van der Waals surface area contributed by atoms with Gasteiger partial charge in [0.2, 0.25) is 5.91 Å². The van der Waals surface area contributed by atoms with E-state index in [9.17, 15) is 14.7 Å². The van der Waals surface area contributed by atoms with Gasteiger partial charge in [0.25, 0.3) is 0 Å². The highest BCUT2D eigenvalue weighted by molar-refractivity contribution is 5.83. The summed E-state index contributed by atoms with van der Waals surface area (Å²) in [6.45, 7) is 7.60. The number of hydrogen-bond acceptors (Lipinski definition) is 3. The van der Waals surface area contributed by atoms with Crippen LogP contribution in [0.5, 0.6) is 0 Å². The number of carbonyl (C=O) groups is 2. The van der Waals surface area contributed by atoms with Crippen molar-refractivity contribution in [3.8, 4) is 0 Å². The van der Waals surface area contributed by atoms with Gasteiger partial charge < -0.3 is 15.3 Å². The number of carboxylic acids is 1. The van der Waals surface area contributed by atoms with Gasteiger partial charge in [0.1, 0.15) is 6.04 Å². The van der Waals surface area contributed by atoms with Crippen LogP contribution in [0.25, 0.3) is 0 Å². The number of rotatable bonds is 9. The van der Waals surface area contributed by atoms with Crippen molar-refractivity contribution < 1.29 is 14.7 Å². The third-order valence-corrected chi connectivity index (χ3v) is 4.92. The van der Waals surface area contributed by atoms with Crippen molar-refractivity contribution in [1.29, 1.82) is 0 Å². The summed E-state index contributed by atoms with van der Waals surface area (Å²) in [4.78, 5) is 25.7. The first-order chi connectivity index (χ1) is 10.5. The lowest BCUT2D eigenvalue weighted by Crippen LogP contribution is -2.46. The molecule has 0 aromatic carbocycles. The van der Waals surface area contributed by atoms with Crippen LogP contribution in [0.1, 0.15) is 65.7 Å². The molecular weight excluding hydrogens is 280 g/mol. The molecule has 0 saturated heterocycles. The predicted octanol–water partition coefficient (Wildman–Crippen LogP) is 2.65. The van der Waals surface area contributed by atoms with E-state index in [0.29, 0.717) is 12.5 Å². The van der Waals surface area contributed by atoms with Crippen LogP contribution in [0, 0.1) is 5.92 Å². The Labute approximate surface area is 134 Å². The van der Waals surface area contributed by atoms with Gasteiger partial charge in [0, 0.05) is 19.0 Å². The minimum Gasteiger partial charge on any atom is -0.480 e. The zero-order chi connectivity index (χ0) is 16.5. The summed E-state index contributed by atoms with van der Waals surface area (Å²) >= 11 is 0. The molecule has 5 nitrogen and oxygen atoms in total. The second kappa shape index (κ2) is 9.82. The summed E-state index contributed by atoms with van der Waals surface area (Å²) in [5.41, 5.74) is 0. The zero-order valence-corrected chi connectivity index (χ0v) is 14.3. The molecule has 1 aliphatic rings. The first-order valence-electron chi connectivity index (χ1n) is 8.75. The second-order valence-electron chi connectivity index (χ2n) is 6.44. The minimum atomic E-state index is -0.942. The number of nitrogens with one attached hydrogen (secondary N) is 1. The Hall–Kier alpha value is -1.10. The van der Waals surface area contributed by atoms with E-state index in [1.807, 2.05) is 13.8 Å². The van der Waals surface area contributed by atoms with Crippen LogP contribution in [0.4, 0.5) is 0 Å². The van der Waals surface area contributed by atoms with Crippen molar-refractivity contribution in [3.05, 3.63) is 0 Å². The molecule has 5 heteroatoms. The molecule has 0 heterocycles. The van der Waals surface area contributed by atoms with E-state index in [0.717, 1.165) is 19.5 Å². The quantitative estimate of drug-likeness (QED) is 0.687. The predicted molar refractivity (Wildman–Crippen MR) is 87.8 cm³/mol. The first kappa shape index (κ1) is 18.9. The Bertz CT molecular complexity index is 354. The number of aliphatic carboxylic acids is 1. The van der Waals surface area contributed by atoms with Crippen LogP contribution < -0.4 is 5.32 Å². The summed E-state index contributed by atoms with van der Waals surface area (Å²) in [5.74, 6) is -1.15. The molecular formula is C17H32N2O3. The van der Waals surface area contributed by atoms with Crippen molar-refractivity contribution in [2.45, 2.75) is 77.8 Å². The molecule has 0 radical (unpaired) electrons. The van der Waals surface area contributed by atoms with Gasteiger partial charge in [-0.3, -0.25) is 4.79 Å². The highest BCUT2D eigenvalue weighted by Crippen LogP contribution is 2.22. The Kier molecular flexibility index (Phi) is 8.46. The lowest BCUT2D eigenvalue weighted by molar-refractivity contribution is -0.143. The van der Waals surface area contributed by atoms with Crippen LogP contribution in [0.2, 0.25) is 0 Å². The summed E-state index contributed by atoms with van der Waals surface area (Å²) < 4.78 is 0. The van der Waals surface area contributed by atoms with E-state index >= 15 is 0 Å². The Morgan fingerprint density at radius 3 is 2.36 bits per heavy atom. The van der Waals surface area contributed by atoms with E-state index < -0.39 is 12.0 Å². The van der Waals surface area contributed by atoms with Crippen LogP contribution in [-0.4, -0.2) is 47.1 Å². The Balaban J connectivity index is 2.44. The van der Waals surface area contributed by atoms with Crippen molar-refractivity contribution in [3.63, 3.8) is 0 Å². The number of amides is 1. The normalized spacial score (nSPS) is 18.9. The van der Waals surface area contributed by atoms with Gasteiger partial charge in [0.15, 0.2) is 0 Å². The molecule has 0 spiro atoms. The third-order valence-electron chi connectivity index (χ3n) is 4.92. The minimum absolute atomic E-state index is 0.0536. The zero-order valence-electron chi connectivity index (χ0n) is 14.3. The smallest absolute Gasteiger partial charge is 0.326 e. The van der Waals surface area contributed by atoms with Gasteiger partial charge in [-0.2, -0.15) is 0 Å². The van der Waals surface area contributed by atoms with Crippen LogP contribution in [0.3, 0.4) is 0 Å². The van der Waals surface area contributed by atoms with E-state index in [1.165, 1.54) is 32.1 Å². The van der Waals surface area contributed by atoms with E-state index in [1.54, 1.807) is 0 Å². The Morgan fingerprint density at radius 2 is 1.86 bits per heavy atom. The van der Waals surface area contributed by atoms with Crippen LogP contribution in [0.15, 0.2) is 0 Å². The maximum Gasteiger partial charge on any atom is 0.326 e. The highest BCUT2D eigenvalue weighted by Gasteiger charge is 2.26. The Morgan fingerprint density at radius 1 is 1.23 bits per heavy atom. The van der Waals surface area contributed by atoms with Crippen molar-refractivity contribution >= 4 is 11.9 Å². The number of nitrogens with zero attached hydrogens (tertiary/aromatic N) is 1. The molecule has 1 aliphatic carbocycles. The van der Waals surface area contributed by atoms with Gasteiger partial charge in [-0.15, -0.1) is 0 Å². The third kappa shape index (κ3) is 5.95. The SMILES string of the molecule is CCC(C)C(NC(=O)CCN(CC)C1CCCCC1)C(=O)O. The molecule has 1 amide bonds. The fourth-order valence-electron chi connectivity index (χ4n) is 3.22. The van der Waals surface area contributed by atoms with Crippen molar-refractivity contribution in [1.82, 2.24) is 10.2 Å². The molecule has 22 heavy (non-hydrogen) atoms. The lowest BCUT2D eigenvalue weighted by atomic mass is 9.94. The average Bonchev–Trinajstić information content (AvgIpc) is 2.53. The average molecular weight is 312 g/mol. The number of hydrogen-bond donors (Lipinski definition) is 2. The fraction of sp³-hybridized carbons (Fsp3) is 0.882. The second-order valence-corrected chi connectivity index (χ2v) is 6.44. The molecule has 2 unspecified atom stereocenters. The molecule has 128 valence electrons. The van der Waals surface area contributed by atoms with Crippen LogP contribution in [-0.2, 0) is 9.59 Å². The van der Waals surface area contributed by atoms with Gasteiger partial charge in [-0.25, -0.2) is 4.79 Å². The number of carboxylic acid groups (broad SMARTS) is 1. The maximum atomic E-state index is 12.1. The monoisotopic (exact) mass is 312 g/mol. The molecule has 2 atom stereocenters. The van der Waals surface area contributed by atoms with E-state index in [2.05, 4.69) is 17.1 Å². The molecule has 1 saturated carbocycles. The lowest BCUT2D eigenvalue weighted by Gasteiger charge is -2.33. The summed E-state index contributed by atoms with van der Waals surface area (Å²) in [6.07, 6.45) is 7.44. The van der Waals surface area contributed by atoms with Gasteiger partial charge in [-0.05, 0) is 25.3 Å². The van der Waals surface area contributed by atoms with Crippen LogP contribution >= 0.6 is 0 Å². The summed E-state index contributed by atoms with van der Waals surface area (Å²) in [6, 6.07) is -0.182. The standard InChI is InChI=1S/C17H32N2O3/c1-4-13(3)16(17(21)22)18-15(20)11-12-19(5-2)14-9-7-6-8-10-14/h13-14,16H,4-12H2,1-3H3,(H,18,20)(H,21,22). The molecule has 0 aliphatic heterocycles. The van der Waals surface area contributed by atoms with Crippen molar-refractivity contribution in [2.75, 3.05) is 13.1 Å². The molecule has 2 N–H and O–H groups in total. The fourth-order valence-corrected chi connectivity index (χ4v) is 3.22. The van der Waals surface area contributed by atoms with Crippen molar-refractivity contribution in [2.24, 2.45) is 5.92 Å². The van der Waals surface area contributed by atoms with Gasteiger partial charge in [-0.1, -0.05) is 46.5 Å². The molecule has 0 aromatic rings.